The van der Waals surface area contributed by atoms with Crippen LogP contribution in [-0.2, 0) is 6.54 Å². The van der Waals surface area contributed by atoms with E-state index in [1.54, 1.807) is 12.1 Å². The summed E-state index contributed by atoms with van der Waals surface area (Å²) in [6.07, 6.45) is -0.00476. The summed E-state index contributed by atoms with van der Waals surface area (Å²) in [5.41, 5.74) is 2.40. The number of fused-ring (bicyclic) bond motifs is 1. The van der Waals surface area contributed by atoms with Crippen molar-refractivity contribution in [2.45, 2.75) is 25.6 Å². The second-order valence-corrected chi connectivity index (χ2v) is 7.63. The molecule has 3 aromatic rings. The first-order valence-electron chi connectivity index (χ1n) is 9.68. The van der Waals surface area contributed by atoms with Gasteiger partial charge in [-0.25, -0.2) is 4.98 Å². The molecule has 1 aliphatic rings. The molecule has 1 saturated heterocycles. The van der Waals surface area contributed by atoms with Crippen molar-refractivity contribution in [2.75, 3.05) is 26.7 Å². The third-order valence-corrected chi connectivity index (χ3v) is 5.27. The van der Waals surface area contributed by atoms with E-state index in [9.17, 15) is 13.2 Å². The van der Waals surface area contributed by atoms with Crippen LogP contribution in [0.25, 0.3) is 22.2 Å². The predicted molar refractivity (Wildman–Crippen MR) is 105 cm³/mol. The fraction of sp³-hybridized carbons (Fsp3) is 0.429. The first kappa shape index (κ1) is 19.7. The van der Waals surface area contributed by atoms with Crippen LogP contribution in [0.3, 0.4) is 0 Å². The van der Waals surface area contributed by atoms with Gasteiger partial charge in [0.25, 0.3) is 0 Å². The molecule has 2 aromatic heterocycles. The van der Waals surface area contributed by atoms with Gasteiger partial charge in [-0.2, -0.15) is 18.3 Å². The van der Waals surface area contributed by atoms with E-state index in [1.807, 2.05) is 29.1 Å². The largest absolute Gasteiger partial charge is 0.468 e. The van der Waals surface area contributed by atoms with Crippen molar-refractivity contribution >= 4 is 10.9 Å². The van der Waals surface area contributed by atoms with Gasteiger partial charge in [0, 0.05) is 29.8 Å². The maximum Gasteiger partial charge on any atom is 0.422 e. The number of hydrogen-bond donors (Lipinski definition) is 0. The number of nitrogens with zero attached hydrogens (tertiary/aromatic N) is 4. The second kappa shape index (κ2) is 8.02. The molecule has 0 spiro atoms. The molecule has 8 heteroatoms. The molecule has 29 heavy (non-hydrogen) atoms. The highest BCUT2D eigenvalue weighted by molar-refractivity contribution is 5.84. The Morgan fingerprint density at radius 2 is 1.90 bits per heavy atom. The average Bonchev–Trinajstić information content (AvgIpc) is 3.15. The van der Waals surface area contributed by atoms with Crippen LogP contribution in [-0.4, -0.2) is 52.6 Å². The molecule has 1 aliphatic heterocycles. The van der Waals surface area contributed by atoms with E-state index in [0.717, 1.165) is 36.3 Å². The number of aromatic nitrogens is 3. The van der Waals surface area contributed by atoms with Crippen LogP contribution in [0.15, 0.2) is 42.6 Å². The van der Waals surface area contributed by atoms with Gasteiger partial charge in [-0.05, 0) is 63.2 Å². The van der Waals surface area contributed by atoms with Crippen LogP contribution in [0, 0.1) is 5.92 Å². The second-order valence-electron chi connectivity index (χ2n) is 7.63. The van der Waals surface area contributed by atoms with Crippen molar-refractivity contribution in [3.63, 3.8) is 0 Å². The summed E-state index contributed by atoms with van der Waals surface area (Å²) in [5.74, 6) is 0.611. The molecule has 0 aliphatic carbocycles. The number of piperidine rings is 1. The Morgan fingerprint density at radius 3 is 2.66 bits per heavy atom. The van der Waals surface area contributed by atoms with E-state index in [-0.39, 0.29) is 5.88 Å². The minimum atomic E-state index is -4.38. The summed E-state index contributed by atoms with van der Waals surface area (Å²) in [5, 5.41) is 5.53. The van der Waals surface area contributed by atoms with Crippen LogP contribution in [0.5, 0.6) is 5.88 Å². The topological polar surface area (TPSA) is 43.2 Å². The van der Waals surface area contributed by atoms with Gasteiger partial charge >= 0.3 is 6.18 Å². The fourth-order valence-electron chi connectivity index (χ4n) is 3.63. The molecule has 0 bridgehead atoms. The molecule has 1 aromatic carbocycles. The zero-order valence-corrected chi connectivity index (χ0v) is 16.2. The summed E-state index contributed by atoms with van der Waals surface area (Å²) >= 11 is 0. The van der Waals surface area contributed by atoms with Crippen LogP contribution in [0.4, 0.5) is 13.2 Å². The first-order valence-corrected chi connectivity index (χ1v) is 9.68. The third-order valence-electron chi connectivity index (χ3n) is 5.27. The van der Waals surface area contributed by atoms with Gasteiger partial charge in [0.15, 0.2) is 6.61 Å². The minimum Gasteiger partial charge on any atom is -0.468 e. The lowest BCUT2D eigenvalue weighted by Crippen LogP contribution is -2.31. The first-order chi connectivity index (χ1) is 13.9. The molecule has 5 nitrogen and oxygen atoms in total. The van der Waals surface area contributed by atoms with Gasteiger partial charge < -0.3 is 9.64 Å². The zero-order chi connectivity index (χ0) is 20.4. The van der Waals surface area contributed by atoms with Gasteiger partial charge in [0.05, 0.1) is 11.2 Å². The van der Waals surface area contributed by atoms with E-state index in [2.05, 4.69) is 16.9 Å². The lowest BCUT2D eigenvalue weighted by molar-refractivity contribution is -0.154. The lowest BCUT2D eigenvalue weighted by atomic mass is 9.97. The molecule has 4 rings (SSSR count). The maximum absolute atomic E-state index is 12.3. The standard InChI is InChI=1S/C21H23F3N4O/c1-27-9-6-15(7-10-27)13-28-11-8-19(26-28)17-2-4-18-16(12-17)3-5-20(25-18)29-14-21(22,23)24/h2-5,8,11-12,15H,6-7,9-10,13-14H2,1H3. The van der Waals surface area contributed by atoms with Crippen LogP contribution in [0.2, 0.25) is 0 Å². The van der Waals surface area contributed by atoms with E-state index in [1.165, 1.54) is 18.9 Å². The number of likely N-dealkylation sites (tertiary alicyclic amines) is 1. The van der Waals surface area contributed by atoms with Crippen molar-refractivity contribution in [3.05, 3.63) is 42.6 Å². The van der Waals surface area contributed by atoms with Gasteiger partial charge in [-0.15, -0.1) is 0 Å². The highest BCUT2D eigenvalue weighted by atomic mass is 19.4. The maximum atomic E-state index is 12.3. The molecular formula is C21H23F3N4O. The Kier molecular flexibility index (Phi) is 5.45. The van der Waals surface area contributed by atoms with E-state index < -0.39 is 12.8 Å². The van der Waals surface area contributed by atoms with Gasteiger partial charge in [-0.3, -0.25) is 4.68 Å². The monoisotopic (exact) mass is 404 g/mol. The summed E-state index contributed by atoms with van der Waals surface area (Å²) in [6, 6.07) is 10.8. The highest BCUT2D eigenvalue weighted by Crippen LogP contribution is 2.25. The fourth-order valence-corrected chi connectivity index (χ4v) is 3.63. The minimum absolute atomic E-state index is 0.0371. The number of ether oxygens (including phenoxy) is 1. The Bertz CT molecular complexity index is 977. The van der Waals surface area contributed by atoms with Crippen molar-refractivity contribution < 1.29 is 17.9 Å². The molecule has 0 atom stereocenters. The number of halogens is 3. The molecule has 154 valence electrons. The van der Waals surface area contributed by atoms with Crippen molar-refractivity contribution in [2.24, 2.45) is 5.92 Å². The zero-order valence-electron chi connectivity index (χ0n) is 16.2. The van der Waals surface area contributed by atoms with Gasteiger partial charge in [0.2, 0.25) is 5.88 Å². The van der Waals surface area contributed by atoms with Crippen LogP contribution >= 0.6 is 0 Å². The smallest absolute Gasteiger partial charge is 0.422 e. The summed E-state index contributed by atoms with van der Waals surface area (Å²) < 4.78 is 43.6. The normalized spacial score (nSPS) is 16.4. The quantitative estimate of drug-likeness (QED) is 0.633. The Labute approximate surface area is 167 Å². The van der Waals surface area contributed by atoms with E-state index in [0.29, 0.717) is 11.4 Å². The van der Waals surface area contributed by atoms with Gasteiger partial charge in [0.1, 0.15) is 0 Å². The van der Waals surface area contributed by atoms with Gasteiger partial charge in [-0.1, -0.05) is 6.07 Å². The van der Waals surface area contributed by atoms with E-state index >= 15 is 0 Å². The highest BCUT2D eigenvalue weighted by Gasteiger charge is 2.28. The number of rotatable bonds is 5. The van der Waals surface area contributed by atoms with Crippen molar-refractivity contribution in [1.82, 2.24) is 19.7 Å². The summed E-state index contributed by atoms with van der Waals surface area (Å²) in [4.78, 5) is 6.50. The predicted octanol–water partition coefficient (Wildman–Crippen LogP) is 4.38. The van der Waals surface area contributed by atoms with E-state index in [4.69, 9.17) is 9.84 Å². The summed E-state index contributed by atoms with van der Waals surface area (Å²) in [7, 11) is 2.15. The molecule has 1 fully saturated rings. The molecule has 0 amide bonds. The third kappa shape index (κ3) is 5.06. The number of alkyl halides is 3. The average molecular weight is 404 g/mol. The molecule has 0 unspecified atom stereocenters. The molecule has 3 heterocycles. The van der Waals surface area contributed by atoms with Crippen LogP contribution < -0.4 is 4.74 Å². The molecule has 0 N–H and O–H groups in total. The summed E-state index contributed by atoms with van der Waals surface area (Å²) in [6.45, 7) is 1.83. The number of hydrogen-bond acceptors (Lipinski definition) is 4. The molecular weight excluding hydrogens is 381 g/mol. The molecule has 0 radical (unpaired) electrons. The number of pyridine rings is 1. The molecule has 0 saturated carbocycles. The van der Waals surface area contributed by atoms with Crippen molar-refractivity contribution in [1.29, 1.82) is 0 Å². The Hall–Kier alpha value is -2.61. The van der Waals surface area contributed by atoms with Crippen molar-refractivity contribution in [3.8, 4) is 17.1 Å². The lowest BCUT2D eigenvalue weighted by Gasteiger charge is -2.28. The Balaban J connectivity index is 1.46. The number of benzene rings is 1. The van der Waals surface area contributed by atoms with Crippen LogP contribution in [0.1, 0.15) is 12.8 Å². The SMILES string of the molecule is CN1CCC(Cn2ccc(-c3ccc4nc(OCC(F)(F)F)ccc4c3)n2)CC1. The Morgan fingerprint density at radius 1 is 1.10 bits per heavy atom.